The second-order valence-corrected chi connectivity index (χ2v) is 7.87. The molecule has 2 aromatic heterocycles. The van der Waals surface area contributed by atoms with E-state index >= 15 is 0 Å². The maximum atomic E-state index is 8.34. The van der Waals surface area contributed by atoms with E-state index in [1.54, 1.807) is 19.4 Å². The van der Waals surface area contributed by atoms with Gasteiger partial charge >= 0.3 is 0 Å². The molecule has 3 N–H and O–H groups in total. The molecule has 2 aromatic rings. The highest BCUT2D eigenvalue weighted by molar-refractivity contribution is 8.15. The summed E-state index contributed by atoms with van der Waals surface area (Å²) in [5.41, 5.74) is 3.92. The number of hydrogen-bond donors (Lipinski definition) is 3. The number of rotatable bonds is 4. The van der Waals surface area contributed by atoms with Gasteiger partial charge in [0.2, 0.25) is 0 Å². The quantitative estimate of drug-likeness (QED) is 0.704. The monoisotopic (exact) mass is 379 g/mol. The number of allylic oxidation sites excluding steroid dienone is 1. The van der Waals surface area contributed by atoms with Gasteiger partial charge in [-0.25, -0.2) is 15.0 Å². The third-order valence-electron chi connectivity index (χ3n) is 4.92. The fraction of sp³-hybridized carbons (Fsp3) is 0.316. The van der Waals surface area contributed by atoms with Crippen molar-refractivity contribution in [2.75, 3.05) is 23.3 Å². The highest BCUT2D eigenvalue weighted by atomic mass is 32.2. The molecule has 8 heteroatoms. The van der Waals surface area contributed by atoms with Gasteiger partial charge in [-0.2, -0.15) is 0 Å². The summed E-state index contributed by atoms with van der Waals surface area (Å²) in [4.78, 5) is 16.4. The van der Waals surface area contributed by atoms with Crippen molar-refractivity contribution in [3.05, 3.63) is 41.5 Å². The third kappa shape index (κ3) is 3.10. The third-order valence-corrected chi connectivity index (χ3v) is 5.91. The van der Waals surface area contributed by atoms with E-state index in [9.17, 15) is 0 Å². The Morgan fingerprint density at radius 3 is 2.74 bits per heavy atom. The van der Waals surface area contributed by atoms with Crippen LogP contribution in [0.2, 0.25) is 0 Å². The number of pyridine rings is 1. The van der Waals surface area contributed by atoms with Crippen LogP contribution in [0, 0.1) is 17.7 Å². The molecule has 27 heavy (non-hydrogen) atoms. The van der Waals surface area contributed by atoms with Crippen LogP contribution in [-0.2, 0) is 0 Å². The maximum absolute atomic E-state index is 8.34. The lowest BCUT2D eigenvalue weighted by Gasteiger charge is -2.41. The summed E-state index contributed by atoms with van der Waals surface area (Å²) >= 11 is 1.39. The van der Waals surface area contributed by atoms with Gasteiger partial charge in [0.05, 0.1) is 16.6 Å². The van der Waals surface area contributed by atoms with Gasteiger partial charge < -0.3 is 15.6 Å². The zero-order chi connectivity index (χ0) is 19.1. The summed E-state index contributed by atoms with van der Waals surface area (Å²) in [5, 5.41) is 20.2. The number of hydrogen-bond acceptors (Lipinski definition) is 8. The van der Waals surface area contributed by atoms with Crippen molar-refractivity contribution in [3.8, 4) is 0 Å². The minimum absolute atomic E-state index is 0.315. The second-order valence-electron chi connectivity index (χ2n) is 6.85. The molecule has 2 aliphatic rings. The molecule has 2 aliphatic heterocycles. The molecular formula is C19H21N7S. The van der Waals surface area contributed by atoms with Gasteiger partial charge in [-0.3, -0.25) is 5.41 Å². The van der Waals surface area contributed by atoms with Crippen LogP contribution >= 0.6 is 11.8 Å². The number of anilines is 2. The van der Waals surface area contributed by atoms with Gasteiger partial charge in [0, 0.05) is 30.6 Å². The highest BCUT2D eigenvalue weighted by Gasteiger charge is 2.35. The van der Waals surface area contributed by atoms with Crippen molar-refractivity contribution in [2.24, 2.45) is 0 Å². The average molecular weight is 379 g/mol. The zero-order valence-corrected chi connectivity index (χ0v) is 16.3. The number of aromatic nitrogens is 3. The van der Waals surface area contributed by atoms with E-state index in [1.807, 2.05) is 26.0 Å². The highest BCUT2D eigenvalue weighted by Crippen LogP contribution is 2.45. The molecule has 1 fully saturated rings. The van der Waals surface area contributed by atoms with Crippen LogP contribution in [0.25, 0.3) is 5.57 Å². The normalized spacial score (nSPS) is 18.2. The molecule has 0 bridgehead atoms. The van der Waals surface area contributed by atoms with Crippen molar-refractivity contribution in [2.45, 2.75) is 31.7 Å². The van der Waals surface area contributed by atoms with Gasteiger partial charge in [-0.05, 0) is 38.0 Å². The first-order valence-corrected chi connectivity index (χ1v) is 9.59. The van der Waals surface area contributed by atoms with Gasteiger partial charge in [0.1, 0.15) is 23.0 Å². The van der Waals surface area contributed by atoms with Crippen molar-refractivity contribution >= 4 is 39.7 Å². The zero-order valence-electron chi connectivity index (χ0n) is 15.5. The predicted octanol–water partition coefficient (Wildman–Crippen LogP) is 3.38. The maximum Gasteiger partial charge on any atom is 0.146 e. The van der Waals surface area contributed by atoms with E-state index in [0.717, 1.165) is 52.0 Å². The smallest absolute Gasteiger partial charge is 0.146 e. The minimum atomic E-state index is 0.315. The van der Waals surface area contributed by atoms with Crippen molar-refractivity contribution in [1.82, 2.24) is 15.0 Å². The van der Waals surface area contributed by atoms with E-state index in [4.69, 9.17) is 10.8 Å². The summed E-state index contributed by atoms with van der Waals surface area (Å²) in [6.45, 7) is 7.32. The predicted molar refractivity (Wildman–Crippen MR) is 110 cm³/mol. The molecule has 0 spiro atoms. The largest absolute Gasteiger partial charge is 0.364 e. The first-order chi connectivity index (χ1) is 13.0. The minimum Gasteiger partial charge on any atom is -0.364 e. The molecule has 138 valence electrons. The van der Waals surface area contributed by atoms with Crippen LogP contribution in [0.5, 0.6) is 0 Å². The number of thioether (sulfide) groups is 1. The Balaban J connectivity index is 1.55. The Morgan fingerprint density at radius 2 is 2.04 bits per heavy atom. The van der Waals surface area contributed by atoms with E-state index < -0.39 is 0 Å². The molecule has 4 rings (SSSR count). The topological polar surface area (TPSA) is 102 Å². The van der Waals surface area contributed by atoms with Gasteiger partial charge in [-0.15, -0.1) is 0 Å². The summed E-state index contributed by atoms with van der Waals surface area (Å²) < 4.78 is 0. The van der Waals surface area contributed by atoms with Gasteiger partial charge in [-0.1, -0.05) is 17.8 Å². The second kappa shape index (κ2) is 6.77. The Kier molecular flexibility index (Phi) is 4.43. The lowest BCUT2D eigenvalue weighted by Crippen LogP contribution is -2.55. The van der Waals surface area contributed by atoms with Crippen molar-refractivity contribution in [3.63, 3.8) is 0 Å². The summed E-state index contributed by atoms with van der Waals surface area (Å²) in [5.74, 6) is 1.80. The molecule has 0 radical (unpaired) electrons. The lowest BCUT2D eigenvalue weighted by molar-refractivity contribution is 0.538. The van der Waals surface area contributed by atoms with Crippen molar-refractivity contribution < 1.29 is 0 Å². The summed E-state index contributed by atoms with van der Waals surface area (Å²) in [6.07, 6.45) is 3.36. The standard InChI is InChI=1S/C19H21N7S/c1-10-5-4-6-22-18(10)25-13-7-26(8-13)19-16-15(23-9-24-19)14(17(21)27-16)11(2)12(3)20/h4-6,9,13,20-21H,7-8H2,1-3H3,(H,22,25)/b14-11-,20-12?,21-17?. The number of fused-ring (bicyclic) bond motifs is 1. The van der Waals surface area contributed by atoms with Crippen molar-refractivity contribution in [1.29, 1.82) is 10.8 Å². The molecule has 0 saturated carbocycles. The molecule has 0 aromatic carbocycles. The molecule has 0 aliphatic carbocycles. The molecular weight excluding hydrogens is 358 g/mol. The molecule has 1 saturated heterocycles. The molecule has 7 nitrogen and oxygen atoms in total. The van der Waals surface area contributed by atoms with E-state index in [0.29, 0.717) is 16.8 Å². The van der Waals surface area contributed by atoms with Crippen LogP contribution in [0.1, 0.15) is 25.1 Å². The fourth-order valence-electron chi connectivity index (χ4n) is 3.23. The lowest BCUT2D eigenvalue weighted by atomic mass is 10.0. The number of nitrogens with one attached hydrogen (secondary N) is 3. The average Bonchev–Trinajstić information content (AvgIpc) is 2.94. The van der Waals surface area contributed by atoms with E-state index in [2.05, 4.69) is 25.2 Å². The van der Waals surface area contributed by atoms with Crippen LogP contribution < -0.4 is 10.2 Å². The van der Waals surface area contributed by atoms with Crippen LogP contribution in [-0.4, -0.2) is 44.8 Å². The first-order valence-electron chi connectivity index (χ1n) is 8.77. The molecule has 4 heterocycles. The fourth-order valence-corrected chi connectivity index (χ4v) is 4.31. The van der Waals surface area contributed by atoms with Gasteiger partial charge in [0.25, 0.3) is 0 Å². The number of aryl methyl sites for hydroxylation is 1. The van der Waals surface area contributed by atoms with Crippen LogP contribution in [0.15, 0.2) is 35.1 Å². The molecule has 0 unspecified atom stereocenters. The summed E-state index contributed by atoms with van der Waals surface area (Å²) in [7, 11) is 0. The van der Waals surface area contributed by atoms with Gasteiger partial charge in [0.15, 0.2) is 0 Å². The first kappa shape index (κ1) is 17.7. The molecule has 0 atom stereocenters. The Bertz CT molecular complexity index is 976. The van der Waals surface area contributed by atoms with E-state index in [1.165, 1.54) is 11.8 Å². The van der Waals surface area contributed by atoms with Crippen LogP contribution in [0.3, 0.4) is 0 Å². The SMILES string of the molecule is CC(=N)/C(C)=C1\C(=N)Sc2c1ncnc2N1CC(Nc2ncccc2C)C1. The molecule has 0 amide bonds. The van der Waals surface area contributed by atoms with Crippen LogP contribution in [0.4, 0.5) is 11.6 Å². The van der Waals surface area contributed by atoms with E-state index in [-0.39, 0.29) is 0 Å². The Morgan fingerprint density at radius 1 is 1.26 bits per heavy atom. The Labute approximate surface area is 162 Å². The Hall–Kier alpha value is -2.74. The summed E-state index contributed by atoms with van der Waals surface area (Å²) in [6, 6.07) is 4.30. The number of nitrogens with zero attached hydrogens (tertiary/aromatic N) is 4.